The van der Waals surface area contributed by atoms with Crippen LogP contribution in [0.2, 0.25) is 0 Å². The van der Waals surface area contributed by atoms with Gasteiger partial charge >= 0.3 is 0 Å². The first kappa shape index (κ1) is 15.0. The predicted octanol–water partition coefficient (Wildman–Crippen LogP) is 3.02. The Kier molecular flexibility index (Phi) is 5.60. The molecule has 1 saturated carbocycles. The highest BCUT2D eigenvalue weighted by atomic mass is 16.1. The molecule has 110 valence electrons. The maximum absolute atomic E-state index is 11.9. The van der Waals surface area contributed by atoms with Crippen LogP contribution in [0.1, 0.15) is 50.6 Å². The lowest BCUT2D eigenvalue weighted by molar-refractivity contribution is -0.121. The fraction of sp³-hybridized carbons (Fsp3) is 0.588. The van der Waals surface area contributed by atoms with Crippen LogP contribution in [0, 0.1) is 11.8 Å². The zero-order valence-electron chi connectivity index (χ0n) is 12.3. The maximum atomic E-state index is 11.9. The highest BCUT2D eigenvalue weighted by Gasteiger charge is 2.23. The van der Waals surface area contributed by atoms with Crippen molar-refractivity contribution in [2.24, 2.45) is 17.6 Å². The van der Waals surface area contributed by atoms with Gasteiger partial charge in [-0.3, -0.25) is 4.79 Å². The number of benzene rings is 1. The van der Waals surface area contributed by atoms with Gasteiger partial charge in [0, 0.05) is 19.0 Å². The summed E-state index contributed by atoms with van der Waals surface area (Å²) in [6, 6.07) is 9.93. The molecule has 20 heavy (non-hydrogen) atoms. The van der Waals surface area contributed by atoms with Gasteiger partial charge in [0.1, 0.15) is 0 Å². The van der Waals surface area contributed by atoms with Gasteiger partial charge in [-0.05, 0) is 30.2 Å². The molecular formula is C17H26N2O. The van der Waals surface area contributed by atoms with E-state index in [-0.39, 0.29) is 11.9 Å². The second-order valence-corrected chi connectivity index (χ2v) is 6.03. The summed E-state index contributed by atoms with van der Waals surface area (Å²) >= 11 is 0. The van der Waals surface area contributed by atoms with Crippen LogP contribution >= 0.6 is 0 Å². The zero-order chi connectivity index (χ0) is 14.4. The Morgan fingerprint density at radius 3 is 2.75 bits per heavy atom. The Morgan fingerprint density at radius 1 is 1.35 bits per heavy atom. The molecular weight excluding hydrogens is 248 g/mol. The average Bonchev–Trinajstić information content (AvgIpc) is 2.89. The minimum absolute atomic E-state index is 0.0487. The number of amides is 1. The summed E-state index contributed by atoms with van der Waals surface area (Å²) in [4.78, 5) is 11.9. The van der Waals surface area contributed by atoms with Crippen LogP contribution in [0.3, 0.4) is 0 Å². The van der Waals surface area contributed by atoms with Crippen molar-refractivity contribution in [3.63, 3.8) is 0 Å². The molecule has 2 rings (SSSR count). The molecule has 3 atom stereocenters. The Bertz CT molecular complexity index is 418. The smallest absolute Gasteiger partial charge is 0.220 e. The largest absolute Gasteiger partial charge is 0.356 e. The second-order valence-electron chi connectivity index (χ2n) is 6.03. The Balaban J connectivity index is 1.67. The maximum Gasteiger partial charge on any atom is 0.220 e. The topological polar surface area (TPSA) is 55.1 Å². The van der Waals surface area contributed by atoms with E-state index in [4.69, 9.17) is 5.73 Å². The first-order valence-corrected chi connectivity index (χ1v) is 7.74. The summed E-state index contributed by atoms with van der Waals surface area (Å²) in [5, 5.41) is 3.07. The number of nitrogens with two attached hydrogens (primary N) is 1. The van der Waals surface area contributed by atoms with Gasteiger partial charge in [-0.25, -0.2) is 0 Å². The quantitative estimate of drug-likeness (QED) is 0.837. The summed E-state index contributed by atoms with van der Waals surface area (Å²) in [5.41, 5.74) is 7.21. The lowest BCUT2D eigenvalue weighted by atomic mass is 9.98. The summed E-state index contributed by atoms with van der Waals surface area (Å²) in [5.74, 6) is 1.55. The fourth-order valence-electron chi connectivity index (χ4n) is 3.01. The van der Waals surface area contributed by atoms with E-state index in [1.165, 1.54) is 19.3 Å². The SMILES string of the molecule is CC1CCCC1CNC(=O)CCC(N)c1ccccc1. The molecule has 0 aromatic heterocycles. The van der Waals surface area contributed by atoms with Gasteiger partial charge in [-0.15, -0.1) is 0 Å². The van der Waals surface area contributed by atoms with Crippen LogP contribution in [-0.4, -0.2) is 12.5 Å². The summed E-state index contributed by atoms with van der Waals surface area (Å²) in [6.45, 7) is 3.12. The van der Waals surface area contributed by atoms with Crippen molar-refractivity contribution in [2.75, 3.05) is 6.54 Å². The molecule has 0 saturated heterocycles. The van der Waals surface area contributed by atoms with E-state index < -0.39 is 0 Å². The molecule has 3 nitrogen and oxygen atoms in total. The van der Waals surface area contributed by atoms with E-state index in [1.807, 2.05) is 30.3 Å². The van der Waals surface area contributed by atoms with Crippen molar-refractivity contribution in [3.8, 4) is 0 Å². The lowest BCUT2D eigenvalue weighted by Crippen LogP contribution is -2.30. The predicted molar refractivity (Wildman–Crippen MR) is 82.1 cm³/mol. The first-order chi connectivity index (χ1) is 9.66. The van der Waals surface area contributed by atoms with Crippen LogP contribution in [0.5, 0.6) is 0 Å². The van der Waals surface area contributed by atoms with E-state index in [2.05, 4.69) is 12.2 Å². The molecule has 1 aliphatic carbocycles. The molecule has 1 aromatic rings. The molecule has 1 fully saturated rings. The van der Waals surface area contributed by atoms with Gasteiger partial charge in [-0.2, -0.15) is 0 Å². The van der Waals surface area contributed by atoms with E-state index >= 15 is 0 Å². The number of carbonyl (C=O) groups is 1. The van der Waals surface area contributed by atoms with E-state index in [0.717, 1.165) is 18.0 Å². The van der Waals surface area contributed by atoms with E-state index in [1.54, 1.807) is 0 Å². The fourth-order valence-corrected chi connectivity index (χ4v) is 3.01. The van der Waals surface area contributed by atoms with Gasteiger partial charge in [-0.1, -0.05) is 50.1 Å². The van der Waals surface area contributed by atoms with Gasteiger partial charge in [0.05, 0.1) is 0 Å². The number of hydrogen-bond donors (Lipinski definition) is 2. The normalized spacial score (nSPS) is 23.5. The van der Waals surface area contributed by atoms with Crippen LogP contribution in [-0.2, 0) is 4.79 Å². The number of rotatable bonds is 6. The Morgan fingerprint density at radius 2 is 2.10 bits per heavy atom. The minimum Gasteiger partial charge on any atom is -0.356 e. The summed E-state index contributed by atoms with van der Waals surface area (Å²) < 4.78 is 0. The second kappa shape index (κ2) is 7.44. The molecule has 3 N–H and O–H groups in total. The van der Waals surface area contributed by atoms with E-state index in [9.17, 15) is 4.79 Å². The molecule has 3 unspecified atom stereocenters. The van der Waals surface area contributed by atoms with Crippen molar-refractivity contribution in [3.05, 3.63) is 35.9 Å². The standard InChI is InChI=1S/C17H26N2O/c1-13-6-5-9-15(13)12-19-17(20)11-10-16(18)14-7-3-2-4-8-14/h2-4,7-8,13,15-16H,5-6,9-12,18H2,1H3,(H,19,20). The lowest BCUT2D eigenvalue weighted by Gasteiger charge is -2.16. The molecule has 0 spiro atoms. The van der Waals surface area contributed by atoms with Crippen molar-refractivity contribution in [1.82, 2.24) is 5.32 Å². The van der Waals surface area contributed by atoms with Crippen molar-refractivity contribution >= 4 is 5.91 Å². The van der Waals surface area contributed by atoms with Crippen LogP contribution in [0.15, 0.2) is 30.3 Å². The van der Waals surface area contributed by atoms with Gasteiger partial charge in [0.15, 0.2) is 0 Å². The molecule has 3 heteroatoms. The highest BCUT2D eigenvalue weighted by Crippen LogP contribution is 2.30. The molecule has 0 bridgehead atoms. The third-order valence-corrected chi connectivity index (χ3v) is 4.51. The van der Waals surface area contributed by atoms with Crippen LogP contribution < -0.4 is 11.1 Å². The van der Waals surface area contributed by atoms with Gasteiger partial charge < -0.3 is 11.1 Å². The zero-order valence-corrected chi connectivity index (χ0v) is 12.3. The minimum atomic E-state index is -0.0487. The van der Waals surface area contributed by atoms with Gasteiger partial charge in [0.25, 0.3) is 0 Å². The number of hydrogen-bond acceptors (Lipinski definition) is 2. The summed E-state index contributed by atoms with van der Waals surface area (Å²) in [6.07, 6.45) is 5.08. The summed E-state index contributed by atoms with van der Waals surface area (Å²) in [7, 11) is 0. The highest BCUT2D eigenvalue weighted by molar-refractivity contribution is 5.75. The molecule has 1 aliphatic rings. The number of carbonyl (C=O) groups excluding carboxylic acids is 1. The Hall–Kier alpha value is -1.35. The molecule has 1 amide bonds. The van der Waals surface area contributed by atoms with Crippen LogP contribution in [0.25, 0.3) is 0 Å². The van der Waals surface area contributed by atoms with Crippen molar-refractivity contribution in [1.29, 1.82) is 0 Å². The molecule has 0 heterocycles. The average molecular weight is 274 g/mol. The third kappa shape index (κ3) is 4.34. The number of nitrogens with one attached hydrogen (secondary N) is 1. The first-order valence-electron chi connectivity index (χ1n) is 7.74. The monoisotopic (exact) mass is 274 g/mol. The van der Waals surface area contributed by atoms with Crippen molar-refractivity contribution < 1.29 is 4.79 Å². The van der Waals surface area contributed by atoms with Crippen LogP contribution in [0.4, 0.5) is 0 Å². The molecule has 0 radical (unpaired) electrons. The Labute approximate surface area is 121 Å². The van der Waals surface area contributed by atoms with Gasteiger partial charge in [0.2, 0.25) is 5.91 Å². The molecule has 0 aliphatic heterocycles. The van der Waals surface area contributed by atoms with E-state index in [0.29, 0.717) is 18.8 Å². The van der Waals surface area contributed by atoms with Crippen molar-refractivity contribution in [2.45, 2.75) is 45.1 Å². The third-order valence-electron chi connectivity index (χ3n) is 4.51. The molecule has 1 aromatic carbocycles.